The molecule has 1 aromatic rings. The second-order valence-electron chi connectivity index (χ2n) is 4.31. The molecule has 0 bridgehead atoms. The third-order valence-corrected chi connectivity index (χ3v) is 3.25. The van der Waals surface area contributed by atoms with Gasteiger partial charge in [-0.15, -0.1) is 0 Å². The molecule has 0 saturated carbocycles. The number of pyridine rings is 1. The molecule has 0 aromatic carbocycles. The third-order valence-electron chi connectivity index (χ3n) is 3.25. The van der Waals surface area contributed by atoms with Crippen LogP contribution in [-0.2, 0) is 10.2 Å². The van der Waals surface area contributed by atoms with Gasteiger partial charge in [-0.3, -0.25) is 4.98 Å². The first kappa shape index (κ1) is 10.6. The Morgan fingerprint density at radius 2 is 2.40 bits per heavy atom. The van der Waals surface area contributed by atoms with Crippen LogP contribution >= 0.6 is 0 Å². The van der Waals surface area contributed by atoms with Crippen LogP contribution in [0.3, 0.4) is 0 Å². The van der Waals surface area contributed by atoms with Gasteiger partial charge in [0.25, 0.3) is 0 Å². The van der Waals surface area contributed by atoms with Crippen molar-refractivity contribution in [2.24, 2.45) is 5.73 Å². The Balaban J connectivity index is 2.28. The SMILES string of the molecule is Cc1ccc(C2(CCN)CCOC2)cn1. The molecule has 0 radical (unpaired) electrons. The Labute approximate surface area is 90.7 Å². The van der Waals surface area contributed by atoms with E-state index in [4.69, 9.17) is 10.5 Å². The van der Waals surface area contributed by atoms with E-state index in [1.54, 1.807) is 0 Å². The van der Waals surface area contributed by atoms with Gasteiger partial charge in [0.2, 0.25) is 0 Å². The largest absolute Gasteiger partial charge is 0.380 e. The first-order chi connectivity index (χ1) is 7.27. The van der Waals surface area contributed by atoms with Gasteiger partial charge >= 0.3 is 0 Å². The van der Waals surface area contributed by atoms with Crippen molar-refractivity contribution in [3.63, 3.8) is 0 Å². The summed E-state index contributed by atoms with van der Waals surface area (Å²) in [7, 11) is 0. The van der Waals surface area contributed by atoms with Gasteiger partial charge < -0.3 is 10.5 Å². The fourth-order valence-corrected chi connectivity index (χ4v) is 2.23. The Kier molecular flexibility index (Phi) is 3.03. The average molecular weight is 206 g/mol. The molecule has 1 aromatic heterocycles. The van der Waals surface area contributed by atoms with Crippen LogP contribution in [-0.4, -0.2) is 24.7 Å². The molecule has 1 atom stereocenters. The summed E-state index contributed by atoms with van der Waals surface area (Å²) in [6.07, 6.45) is 4.02. The molecule has 0 aliphatic carbocycles. The van der Waals surface area contributed by atoms with Crippen molar-refractivity contribution < 1.29 is 4.74 Å². The fourth-order valence-electron chi connectivity index (χ4n) is 2.23. The monoisotopic (exact) mass is 206 g/mol. The molecule has 1 aliphatic rings. The maximum absolute atomic E-state index is 5.68. The molecule has 1 saturated heterocycles. The summed E-state index contributed by atoms with van der Waals surface area (Å²) >= 11 is 0. The van der Waals surface area contributed by atoms with Crippen molar-refractivity contribution >= 4 is 0 Å². The minimum Gasteiger partial charge on any atom is -0.380 e. The molecule has 0 spiro atoms. The minimum atomic E-state index is 0.120. The molecule has 2 rings (SSSR count). The number of hydrogen-bond donors (Lipinski definition) is 1. The second kappa shape index (κ2) is 4.29. The zero-order chi connectivity index (χ0) is 10.7. The number of nitrogens with zero attached hydrogens (tertiary/aromatic N) is 1. The van der Waals surface area contributed by atoms with Crippen molar-refractivity contribution in [2.45, 2.75) is 25.2 Å². The zero-order valence-corrected chi connectivity index (χ0v) is 9.20. The number of rotatable bonds is 3. The van der Waals surface area contributed by atoms with Crippen molar-refractivity contribution in [1.82, 2.24) is 4.98 Å². The van der Waals surface area contributed by atoms with E-state index in [0.717, 1.165) is 31.7 Å². The van der Waals surface area contributed by atoms with Crippen LogP contribution in [0.1, 0.15) is 24.1 Å². The molecule has 3 nitrogen and oxygen atoms in total. The molecular weight excluding hydrogens is 188 g/mol. The van der Waals surface area contributed by atoms with Crippen LogP contribution in [0.5, 0.6) is 0 Å². The van der Waals surface area contributed by atoms with E-state index in [2.05, 4.69) is 17.1 Å². The first-order valence-electron chi connectivity index (χ1n) is 5.48. The van der Waals surface area contributed by atoms with Crippen molar-refractivity contribution in [1.29, 1.82) is 0 Å². The predicted molar refractivity (Wildman–Crippen MR) is 59.8 cm³/mol. The summed E-state index contributed by atoms with van der Waals surface area (Å²) in [5.41, 5.74) is 8.14. The van der Waals surface area contributed by atoms with Crippen LogP contribution < -0.4 is 5.73 Å². The van der Waals surface area contributed by atoms with Crippen LogP contribution in [0.4, 0.5) is 0 Å². The van der Waals surface area contributed by atoms with E-state index in [0.29, 0.717) is 6.54 Å². The molecule has 1 aliphatic heterocycles. The Morgan fingerprint density at radius 3 is 2.93 bits per heavy atom. The predicted octanol–water partition coefficient (Wildman–Crippen LogP) is 1.40. The quantitative estimate of drug-likeness (QED) is 0.813. The lowest BCUT2D eigenvalue weighted by Gasteiger charge is -2.27. The molecular formula is C12H18N2O. The number of aromatic nitrogens is 1. The van der Waals surface area contributed by atoms with E-state index in [-0.39, 0.29) is 5.41 Å². The average Bonchev–Trinajstić information content (AvgIpc) is 2.69. The lowest BCUT2D eigenvalue weighted by molar-refractivity contribution is 0.175. The van der Waals surface area contributed by atoms with E-state index in [9.17, 15) is 0 Å². The minimum absolute atomic E-state index is 0.120. The lowest BCUT2D eigenvalue weighted by atomic mass is 9.78. The topological polar surface area (TPSA) is 48.1 Å². The summed E-state index contributed by atoms with van der Waals surface area (Å²) in [4.78, 5) is 4.35. The fraction of sp³-hybridized carbons (Fsp3) is 0.583. The van der Waals surface area contributed by atoms with Gasteiger partial charge in [0, 0.05) is 23.9 Å². The summed E-state index contributed by atoms with van der Waals surface area (Å²) in [6.45, 7) is 4.34. The third kappa shape index (κ3) is 2.03. The highest BCUT2D eigenvalue weighted by atomic mass is 16.5. The molecule has 2 N–H and O–H groups in total. The van der Waals surface area contributed by atoms with Crippen molar-refractivity contribution in [3.8, 4) is 0 Å². The van der Waals surface area contributed by atoms with Gasteiger partial charge in [-0.2, -0.15) is 0 Å². The normalized spacial score (nSPS) is 25.7. The highest BCUT2D eigenvalue weighted by Crippen LogP contribution is 2.35. The molecule has 82 valence electrons. The molecule has 2 heterocycles. The molecule has 0 amide bonds. The van der Waals surface area contributed by atoms with Gasteiger partial charge in [0.1, 0.15) is 0 Å². The smallest absolute Gasteiger partial charge is 0.0564 e. The standard InChI is InChI=1S/C12H18N2O/c1-10-2-3-11(8-14-10)12(4-6-13)5-7-15-9-12/h2-3,8H,4-7,9,13H2,1H3. The van der Waals surface area contributed by atoms with E-state index in [1.165, 1.54) is 5.56 Å². The Bertz CT molecular complexity index is 315. The first-order valence-corrected chi connectivity index (χ1v) is 5.48. The number of ether oxygens (including phenoxy) is 1. The molecule has 3 heteroatoms. The maximum atomic E-state index is 5.68. The Morgan fingerprint density at radius 1 is 1.53 bits per heavy atom. The summed E-state index contributed by atoms with van der Waals surface area (Å²) in [5, 5.41) is 0. The molecule has 15 heavy (non-hydrogen) atoms. The van der Waals surface area contributed by atoms with E-state index >= 15 is 0 Å². The highest BCUT2D eigenvalue weighted by Gasteiger charge is 2.36. The lowest BCUT2D eigenvalue weighted by Crippen LogP contribution is -2.29. The number of hydrogen-bond acceptors (Lipinski definition) is 3. The summed E-state index contributed by atoms with van der Waals surface area (Å²) in [5.74, 6) is 0. The summed E-state index contributed by atoms with van der Waals surface area (Å²) < 4.78 is 5.51. The van der Waals surface area contributed by atoms with Gasteiger partial charge in [-0.25, -0.2) is 0 Å². The zero-order valence-electron chi connectivity index (χ0n) is 9.20. The second-order valence-corrected chi connectivity index (χ2v) is 4.31. The molecule has 1 fully saturated rings. The maximum Gasteiger partial charge on any atom is 0.0564 e. The number of nitrogens with two attached hydrogens (primary N) is 1. The van der Waals surface area contributed by atoms with Crippen LogP contribution in [0.2, 0.25) is 0 Å². The Hall–Kier alpha value is -0.930. The van der Waals surface area contributed by atoms with Crippen molar-refractivity contribution in [3.05, 3.63) is 29.6 Å². The van der Waals surface area contributed by atoms with Crippen LogP contribution in [0, 0.1) is 6.92 Å². The van der Waals surface area contributed by atoms with Gasteiger partial charge in [-0.05, 0) is 37.9 Å². The highest BCUT2D eigenvalue weighted by molar-refractivity contribution is 5.25. The summed E-state index contributed by atoms with van der Waals surface area (Å²) in [6, 6.07) is 4.22. The van der Waals surface area contributed by atoms with Crippen molar-refractivity contribution in [2.75, 3.05) is 19.8 Å². The van der Waals surface area contributed by atoms with Crippen LogP contribution in [0.15, 0.2) is 18.3 Å². The number of aryl methyl sites for hydroxylation is 1. The van der Waals surface area contributed by atoms with E-state index < -0.39 is 0 Å². The van der Waals surface area contributed by atoms with Gasteiger partial charge in [0.15, 0.2) is 0 Å². The van der Waals surface area contributed by atoms with E-state index in [1.807, 2.05) is 13.1 Å². The molecule has 1 unspecified atom stereocenters. The van der Waals surface area contributed by atoms with Gasteiger partial charge in [-0.1, -0.05) is 6.07 Å². The van der Waals surface area contributed by atoms with Gasteiger partial charge in [0.05, 0.1) is 6.61 Å². The van der Waals surface area contributed by atoms with Crippen LogP contribution in [0.25, 0.3) is 0 Å².